The van der Waals surface area contributed by atoms with Crippen LogP contribution in [0.3, 0.4) is 0 Å². The SMILES string of the molecule is CC1(C)CCC2(C(=O)O)C(O)CC3(C)C(=CCC4C5(C)CCC(OC6OC(CO)C(O)C(O)C6OC6OC(CO)C(O)C(O)C6OC6OCC(O)(CO)C6O)C(C)(C)C5CCC43C)C2C1. The van der Waals surface area contributed by atoms with Crippen molar-refractivity contribution in [1.29, 1.82) is 0 Å². The van der Waals surface area contributed by atoms with Crippen molar-refractivity contribution < 1.29 is 89.4 Å². The van der Waals surface area contributed by atoms with Crippen LogP contribution in [0, 0.1) is 50.2 Å². The number of carboxylic acid groups (broad SMARTS) is 1. The number of aliphatic carboxylic acids is 1. The third-order valence-corrected chi connectivity index (χ3v) is 19.1. The van der Waals surface area contributed by atoms with E-state index in [4.69, 9.17) is 28.4 Å². The van der Waals surface area contributed by atoms with Crippen molar-refractivity contribution in [2.45, 2.75) is 198 Å². The quantitative estimate of drug-likeness (QED) is 0.104. The molecule has 4 saturated carbocycles. The summed E-state index contributed by atoms with van der Waals surface area (Å²) in [5.74, 6) is -0.866. The monoisotopic (exact) mass is 929 g/mol. The largest absolute Gasteiger partial charge is 0.481 e. The first-order chi connectivity index (χ1) is 30.3. The molecule has 0 aromatic rings. The van der Waals surface area contributed by atoms with E-state index in [-0.39, 0.29) is 34.0 Å². The van der Waals surface area contributed by atoms with Gasteiger partial charge in [0.05, 0.1) is 38.6 Å². The number of fused-ring (bicyclic) bond motifs is 7. The van der Waals surface area contributed by atoms with Crippen LogP contribution in [0.1, 0.15) is 106 Å². The molecule has 3 heterocycles. The molecule has 3 saturated heterocycles. The average Bonchev–Trinajstić information content (AvgIpc) is 3.52. The molecule has 0 aromatic heterocycles. The number of carbonyl (C=O) groups is 1. The molecule has 0 amide bonds. The van der Waals surface area contributed by atoms with E-state index in [2.05, 4.69) is 54.5 Å². The van der Waals surface area contributed by atoms with Gasteiger partial charge in [-0.15, -0.1) is 0 Å². The number of hydrogen-bond acceptors (Lipinski definition) is 17. The highest BCUT2D eigenvalue weighted by Gasteiger charge is 2.71. The minimum atomic E-state index is -2.10. The summed E-state index contributed by atoms with van der Waals surface area (Å²) < 4.78 is 36.4. The Morgan fingerprint density at radius 2 is 1.31 bits per heavy atom. The molecule has 18 heteroatoms. The van der Waals surface area contributed by atoms with E-state index >= 15 is 0 Å². The van der Waals surface area contributed by atoms with E-state index in [0.717, 1.165) is 32.1 Å². The van der Waals surface area contributed by atoms with Crippen LogP contribution in [0.15, 0.2) is 11.6 Å². The van der Waals surface area contributed by atoms with Crippen molar-refractivity contribution in [3.63, 3.8) is 0 Å². The number of ether oxygens (including phenoxy) is 6. The molecule has 11 N–H and O–H groups in total. The molecule has 8 rings (SSSR count). The second kappa shape index (κ2) is 17.2. The molecule has 372 valence electrons. The van der Waals surface area contributed by atoms with Gasteiger partial charge in [-0.05, 0) is 103 Å². The van der Waals surface area contributed by atoms with Gasteiger partial charge in [-0.2, -0.15) is 0 Å². The summed E-state index contributed by atoms with van der Waals surface area (Å²) >= 11 is 0. The number of hydrogen-bond donors (Lipinski definition) is 11. The van der Waals surface area contributed by atoms with Crippen LogP contribution in [0.25, 0.3) is 0 Å². The minimum absolute atomic E-state index is 0.0583. The van der Waals surface area contributed by atoms with Gasteiger partial charge in [-0.1, -0.05) is 60.1 Å². The third-order valence-electron chi connectivity index (χ3n) is 19.1. The first kappa shape index (κ1) is 50.0. The highest BCUT2D eigenvalue weighted by molar-refractivity contribution is 5.77. The van der Waals surface area contributed by atoms with Crippen LogP contribution in [0.4, 0.5) is 0 Å². The molecular weight excluding hydrogens is 852 g/mol. The molecule has 65 heavy (non-hydrogen) atoms. The van der Waals surface area contributed by atoms with Crippen LogP contribution in [-0.2, 0) is 33.2 Å². The first-order valence-electron chi connectivity index (χ1n) is 23.8. The maximum atomic E-state index is 13.2. The Balaban J connectivity index is 1.06. The number of allylic oxidation sites excluding steroid dienone is 2. The van der Waals surface area contributed by atoms with E-state index in [0.29, 0.717) is 25.7 Å². The molecule has 8 aliphatic rings. The topological polar surface area (TPSA) is 295 Å². The second-order valence-electron chi connectivity index (χ2n) is 23.3. The Morgan fingerprint density at radius 1 is 0.723 bits per heavy atom. The summed E-state index contributed by atoms with van der Waals surface area (Å²) in [6.45, 7) is 12.8. The summed E-state index contributed by atoms with van der Waals surface area (Å²) in [6, 6.07) is 0. The van der Waals surface area contributed by atoms with Crippen LogP contribution in [-0.4, -0.2) is 180 Å². The van der Waals surface area contributed by atoms with Crippen molar-refractivity contribution in [2.24, 2.45) is 50.2 Å². The fourth-order valence-corrected chi connectivity index (χ4v) is 15.0. The standard InChI is InChI=1S/C47H76O18/c1-41(2)14-15-47(40(57)58)23(16-41)22-8-9-27-43(5)12-11-29(42(3,4)26(43)10-13-44(27,6)45(22,7)17-28(47)51)63-37-34(32(54)30(52)24(18-48)61-37)64-38-35(33(55)31(53)25(19-49)62-38)65-39-36(56)46(59,20-50)21-60-39/h8,23-39,48-56,59H,9-21H2,1-7H3,(H,57,58). The average molecular weight is 929 g/mol. The molecule has 5 aliphatic carbocycles. The van der Waals surface area contributed by atoms with E-state index in [1.807, 2.05) is 0 Å². The molecule has 0 bridgehead atoms. The summed E-state index contributed by atoms with van der Waals surface area (Å²) in [4.78, 5) is 13.2. The van der Waals surface area contributed by atoms with Gasteiger partial charge in [0, 0.05) is 0 Å². The van der Waals surface area contributed by atoms with Gasteiger partial charge in [0.15, 0.2) is 18.9 Å². The fraction of sp³-hybridized carbons (Fsp3) is 0.936. The lowest BCUT2D eigenvalue weighted by Crippen LogP contribution is -2.68. The predicted octanol–water partition coefficient (Wildman–Crippen LogP) is 0.318. The van der Waals surface area contributed by atoms with Crippen LogP contribution >= 0.6 is 0 Å². The Hall–Kier alpha value is -1.43. The zero-order valence-electron chi connectivity index (χ0n) is 38.9. The van der Waals surface area contributed by atoms with E-state index < -0.39 is 140 Å². The molecule has 18 nitrogen and oxygen atoms in total. The molecule has 22 atom stereocenters. The molecule has 3 aliphatic heterocycles. The van der Waals surface area contributed by atoms with Crippen LogP contribution in [0.2, 0.25) is 0 Å². The third kappa shape index (κ3) is 7.53. The van der Waals surface area contributed by atoms with E-state index in [1.165, 1.54) is 5.57 Å². The molecule has 0 radical (unpaired) electrons. The lowest BCUT2D eigenvalue weighted by atomic mass is 9.33. The fourth-order valence-electron chi connectivity index (χ4n) is 15.0. The highest BCUT2D eigenvalue weighted by Crippen LogP contribution is 2.76. The van der Waals surface area contributed by atoms with Gasteiger partial charge in [-0.25, -0.2) is 0 Å². The van der Waals surface area contributed by atoms with Gasteiger partial charge in [0.2, 0.25) is 0 Å². The summed E-state index contributed by atoms with van der Waals surface area (Å²) in [5, 5.41) is 119. The summed E-state index contributed by atoms with van der Waals surface area (Å²) in [5.41, 5.74) is -3.59. The number of aliphatic hydroxyl groups excluding tert-OH is 9. The Bertz CT molecular complexity index is 1800. The van der Waals surface area contributed by atoms with Gasteiger partial charge in [0.1, 0.15) is 66.0 Å². The molecular formula is C47H76O18. The maximum Gasteiger partial charge on any atom is 0.312 e. The maximum absolute atomic E-state index is 13.2. The Morgan fingerprint density at radius 3 is 1.86 bits per heavy atom. The molecule has 7 fully saturated rings. The lowest BCUT2D eigenvalue weighted by molar-refractivity contribution is -0.388. The number of carboxylic acids is 1. The second-order valence-corrected chi connectivity index (χ2v) is 23.3. The van der Waals surface area contributed by atoms with Crippen LogP contribution < -0.4 is 0 Å². The normalized spacial score (nSPS) is 53.8. The van der Waals surface area contributed by atoms with Crippen molar-refractivity contribution in [2.75, 3.05) is 26.4 Å². The zero-order valence-corrected chi connectivity index (χ0v) is 38.9. The van der Waals surface area contributed by atoms with Gasteiger partial charge >= 0.3 is 5.97 Å². The minimum Gasteiger partial charge on any atom is -0.481 e. The first-order valence-corrected chi connectivity index (χ1v) is 23.8. The highest BCUT2D eigenvalue weighted by atomic mass is 16.8. The smallest absolute Gasteiger partial charge is 0.312 e. The zero-order chi connectivity index (χ0) is 47.6. The Kier molecular flexibility index (Phi) is 13.2. The number of aliphatic hydroxyl groups is 10. The van der Waals surface area contributed by atoms with Gasteiger partial charge < -0.3 is 84.6 Å². The van der Waals surface area contributed by atoms with Crippen LogP contribution in [0.5, 0.6) is 0 Å². The van der Waals surface area contributed by atoms with Gasteiger partial charge in [0.25, 0.3) is 0 Å². The van der Waals surface area contributed by atoms with Crippen molar-refractivity contribution >= 4 is 5.97 Å². The molecule has 0 aromatic carbocycles. The van der Waals surface area contributed by atoms with Crippen molar-refractivity contribution in [1.82, 2.24) is 0 Å². The van der Waals surface area contributed by atoms with Crippen molar-refractivity contribution in [3.8, 4) is 0 Å². The summed E-state index contributed by atoms with van der Waals surface area (Å²) in [6.07, 6.45) is -12.8. The number of rotatable bonds is 10. The van der Waals surface area contributed by atoms with Gasteiger partial charge in [-0.3, -0.25) is 4.79 Å². The molecule has 22 unspecified atom stereocenters. The lowest BCUT2D eigenvalue weighted by Gasteiger charge is -2.71. The Labute approximate surface area is 380 Å². The molecule has 0 spiro atoms. The van der Waals surface area contributed by atoms with E-state index in [1.54, 1.807) is 0 Å². The predicted molar refractivity (Wildman–Crippen MR) is 226 cm³/mol. The van der Waals surface area contributed by atoms with E-state index in [9.17, 15) is 61.0 Å². The summed E-state index contributed by atoms with van der Waals surface area (Å²) in [7, 11) is 0. The van der Waals surface area contributed by atoms with Crippen molar-refractivity contribution in [3.05, 3.63) is 11.6 Å².